The molecule has 78 valence electrons. The first kappa shape index (κ1) is 11.0. The molecule has 3 heteroatoms. The van der Waals surface area contributed by atoms with Crippen LogP contribution in [0.1, 0.15) is 27.2 Å². The predicted molar refractivity (Wildman–Crippen MR) is 54.8 cm³/mol. The summed E-state index contributed by atoms with van der Waals surface area (Å²) in [5.41, 5.74) is 0.132. The molecular weight excluding hydrogens is 164 g/mol. The molecule has 0 aromatic carbocycles. The molecule has 0 amide bonds. The molecule has 1 heterocycles. The second kappa shape index (κ2) is 4.40. The Balaban J connectivity index is 2.52. The van der Waals surface area contributed by atoms with Gasteiger partial charge in [0.15, 0.2) is 0 Å². The van der Waals surface area contributed by atoms with Gasteiger partial charge in [0.2, 0.25) is 0 Å². The highest BCUT2D eigenvalue weighted by atomic mass is 16.3. The van der Waals surface area contributed by atoms with E-state index in [1.54, 1.807) is 0 Å². The van der Waals surface area contributed by atoms with Gasteiger partial charge in [-0.1, -0.05) is 6.92 Å². The second-order valence-electron chi connectivity index (χ2n) is 4.65. The van der Waals surface area contributed by atoms with Gasteiger partial charge in [-0.05, 0) is 26.8 Å². The Hall–Kier alpha value is -0.120. The van der Waals surface area contributed by atoms with Gasteiger partial charge in [-0.25, -0.2) is 0 Å². The first-order chi connectivity index (χ1) is 6.03. The number of nitrogens with one attached hydrogen (secondary N) is 1. The highest BCUT2D eigenvalue weighted by Gasteiger charge is 2.26. The fourth-order valence-electron chi connectivity index (χ4n) is 1.92. The Labute approximate surface area is 81.1 Å². The van der Waals surface area contributed by atoms with Crippen LogP contribution in [0.2, 0.25) is 0 Å². The van der Waals surface area contributed by atoms with Crippen LogP contribution >= 0.6 is 0 Å². The zero-order valence-electron chi connectivity index (χ0n) is 9.01. The van der Waals surface area contributed by atoms with Gasteiger partial charge in [-0.15, -0.1) is 0 Å². The molecule has 0 spiro atoms. The smallest absolute Gasteiger partial charge is 0.0791 e. The average molecular weight is 186 g/mol. The second-order valence-corrected chi connectivity index (χ2v) is 4.65. The summed E-state index contributed by atoms with van der Waals surface area (Å²) < 4.78 is 0. The van der Waals surface area contributed by atoms with E-state index in [1.165, 1.54) is 0 Å². The van der Waals surface area contributed by atoms with Crippen LogP contribution in [-0.2, 0) is 0 Å². The summed E-state index contributed by atoms with van der Waals surface area (Å²) in [6.07, 6.45) is 0.941. The van der Waals surface area contributed by atoms with E-state index in [-0.39, 0.29) is 11.6 Å². The van der Waals surface area contributed by atoms with Crippen LogP contribution in [0, 0.1) is 0 Å². The highest BCUT2D eigenvalue weighted by Crippen LogP contribution is 2.10. The third-order valence-electron chi connectivity index (χ3n) is 2.44. The monoisotopic (exact) mass is 186 g/mol. The number of hydrogen-bond donors (Lipinski definition) is 2. The minimum absolute atomic E-state index is 0.132. The summed E-state index contributed by atoms with van der Waals surface area (Å²) in [4.78, 5) is 2.34. The quantitative estimate of drug-likeness (QED) is 0.657. The van der Waals surface area contributed by atoms with Gasteiger partial charge in [-0.3, -0.25) is 4.90 Å². The molecule has 3 nitrogen and oxygen atoms in total. The first-order valence-corrected chi connectivity index (χ1v) is 5.19. The molecule has 1 saturated heterocycles. The number of hydrogen-bond acceptors (Lipinski definition) is 3. The lowest BCUT2D eigenvalue weighted by Gasteiger charge is -2.29. The van der Waals surface area contributed by atoms with E-state index < -0.39 is 0 Å². The van der Waals surface area contributed by atoms with Crippen molar-refractivity contribution in [3.05, 3.63) is 0 Å². The van der Waals surface area contributed by atoms with Crippen LogP contribution in [0.25, 0.3) is 0 Å². The topological polar surface area (TPSA) is 35.5 Å². The summed E-state index contributed by atoms with van der Waals surface area (Å²) in [6, 6.07) is 0. The Kier molecular flexibility index (Phi) is 3.71. The van der Waals surface area contributed by atoms with Crippen LogP contribution in [0.3, 0.4) is 0 Å². The minimum Gasteiger partial charge on any atom is -0.390 e. The predicted octanol–water partition coefficient (Wildman–Crippen LogP) is 0.441. The normalized spacial score (nSPS) is 30.0. The minimum atomic E-state index is -0.215. The Morgan fingerprint density at radius 3 is 2.85 bits per heavy atom. The van der Waals surface area contributed by atoms with Crippen LogP contribution in [0.5, 0.6) is 0 Å². The zero-order valence-corrected chi connectivity index (χ0v) is 9.01. The van der Waals surface area contributed by atoms with Crippen molar-refractivity contribution in [2.75, 3.05) is 26.2 Å². The van der Waals surface area contributed by atoms with Crippen molar-refractivity contribution in [1.82, 2.24) is 10.2 Å². The molecule has 0 aliphatic carbocycles. The molecule has 1 unspecified atom stereocenters. The molecule has 0 bridgehead atoms. The molecule has 1 atom stereocenters. The molecule has 1 aliphatic rings. The lowest BCUT2D eigenvalue weighted by molar-refractivity contribution is 0.129. The maximum atomic E-state index is 9.61. The molecule has 0 aromatic heterocycles. The van der Waals surface area contributed by atoms with E-state index in [2.05, 4.69) is 31.0 Å². The number of nitrogens with zero attached hydrogens (tertiary/aromatic N) is 1. The maximum Gasteiger partial charge on any atom is 0.0791 e. The summed E-state index contributed by atoms with van der Waals surface area (Å²) >= 11 is 0. The molecule has 1 aliphatic heterocycles. The highest BCUT2D eigenvalue weighted by molar-refractivity contribution is 4.87. The zero-order chi connectivity index (χ0) is 9.90. The van der Waals surface area contributed by atoms with Crippen LogP contribution < -0.4 is 5.32 Å². The van der Waals surface area contributed by atoms with E-state index in [0.717, 1.165) is 26.1 Å². The van der Waals surface area contributed by atoms with Crippen molar-refractivity contribution in [3.8, 4) is 0 Å². The van der Waals surface area contributed by atoms with Crippen molar-refractivity contribution in [2.45, 2.75) is 38.8 Å². The largest absolute Gasteiger partial charge is 0.390 e. The first-order valence-electron chi connectivity index (χ1n) is 5.19. The Morgan fingerprint density at radius 1 is 1.54 bits per heavy atom. The van der Waals surface area contributed by atoms with Gasteiger partial charge in [0.25, 0.3) is 0 Å². The molecule has 13 heavy (non-hydrogen) atoms. The van der Waals surface area contributed by atoms with Gasteiger partial charge >= 0.3 is 0 Å². The van der Waals surface area contributed by atoms with E-state index in [9.17, 15) is 5.11 Å². The summed E-state index contributed by atoms with van der Waals surface area (Å²) in [7, 11) is 0. The van der Waals surface area contributed by atoms with Crippen LogP contribution in [0.4, 0.5) is 0 Å². The van der Waals surface area contributed by atoms with Gasteiger partial charge in [0.05, 0.1) is 6.10 Å². The van der Waals surface area contributed by atoms with Gasteiger partial charge in [0.1, 0.15) is 0 Å². The Morgan fingerprint density at radius 2 is 2.23 bits per heavy atom. The summed E-state index contributed by atoms with van der Waals surface area (Å²) in [5, 5.41) is 13.0. The molecule has 1 rings (SSSR count). The van der Waals surface area contributed by atoms with Crippen molar-refractivity contribution in [1.29, 1.82) is 0 Å². The molecule has 2 N–H and O–H groups in total. The average Bonchev–Trinajstić information content (AvgIpc) is 2.11. The number of aliphatic hydroxyl groups excluding tert-OH is 1. The van der Waals surface area contributed by atoms with E-state index in [4.69, 9.17) is 0 Å². The fourth-order valence-corrected chi connectivity index (χ4v) is 1.92. The standard InChI is InChI=1S/C10H22N2O/c1-4-5-12-7-9(13)6-11-10(2,3)8-12/h9,11,13H,4-8H2,1-3H3. The van der Waals surface area contributed by atoms with Crippen molar-refractivity contribution >= 4 is 0 Å². The molecular formula is C10H22N2O. The van der Waals surface area contributed by atoms with Crippen molar-refractivity contribution in [2.24, 2.45) is 0 Å². The lowest BCUT2D eigenvalue weighted by Crippen LogP contribution is -2.46. The van der Waals surface area contributed by atoms with E-state index in [1.807, 2.05) is 0 Å². The number of β-amino-alcohol motifs (C(OH)–C–C–N with tert-alkyl or cyclic N) is 1. The molecule has 1 fully saturated rings. The molecule has 0 aromatic rings. The maximum absolute atomic E-state index is 9.61. The van der Waals surface area contributed by atoms with E-state index in [0.29, 0.717) is 6.54 Å². The molecule has 0 radical (unpaired) electrons. The molecule has 0 saturated carbocycles. The summed E-state index contributed by atoms with van der Waals surface area (Å²) in [6.45, 7) is 10.2. The third kappa shape index (κ3) is 3.63. The SMILES string of the molecule is CCCN1CC(O)CNC(C)(C)C1. The van der Waals surface area contributed by atoms with Crippen LogP contribution in [-0.4, -0.2) is 47.8 Å². The number of aliphatic hydroxyl groups is 1. The van der Waals surface area contributed by atoms with Gasteiger partial charge in [-0.2, -0.15) is 0 Å². The number of rotatable bonds is 2. The van der Waals surface area contributed by atoms with Gasteiger partial charge in [0, 0.05) is 25.2 Å². The van der Waals surface area contributed by atoms with Crippen molar-refractivity contribution < 1.29 is 5.11 Å². The van der Waals surface area contributed by atoms with Gasteiger partial charge < -0.3 is 10.4 Å². The Bertz CT molecular complexity index is 159. The van der Waals surface area contributed by atoms with E-state index >= 15 is 0 Å². The summed E-state index contributed by atoms with van der Waals surface area (Å²) in [5.74, 6) is 0. The van der Waals surface area contributed by atoms with Crippen LogP contribution in [0.15, 0.2) is 0 Å². The fraction of sp³-hybridized carbons (Fsp3) is 1.00. The lowest BCUT2D eigenvalue weighted by atomic mass is 10.1. The third-order valence-corrected chi connectivity index (χ3v) is 2.44. The van der Waals surface area contributed by atoms with Crippen molar-refractivity contribution in [3.63, 3.8) is 0 Å².